The van der Waals surface area contributed by atoms with Gasteiger partial charge < -0.3 is 20.5 Å². The molecule has 5 heteroatoms. The molecule has 122 valence electrons. The van der Waals surface area contributed by atoms with Crippen LogP contribution in [0.25, 0.3) is 0 Å². The summed E-state index contributed by atoms with van der Waals surface area (Å²) in [6.07, 6.45) is 3.95. The fraction of sp³-hybridized carbons (Fsp3) is 0.588. The first-order chi connectivity index (χ1) is 10.5. The fourth-order valence-electron chi connectivity index (χ4n) is 2.80. The van der Waals surface area contributed by atoms with Crippen molar-refractivity contribution in [3.63, 3.8) is 0 Å². The van der Waals surface area contributed by atoms with Crippen molar-refractivity contribution in [3.05, 3.63) is 29.8 Å². The number of aliphatic hydroxyl groups excluding tert-OH is 1. The van der Waals surface area contributed by atoms with Crippen LogP contribution in [0, 0.1) is 0 Å². The highest BCUT2D eigenvalue weighted by molar-refractivity contribution is 5.74. The summed E-state index contributed by atoms with van der Waals surface area (Å²) in [4.78, 5) is 12.0. The van der Waals surface area contributed by atoms with Crippen LogP contribution in [-0.2, 0) is 6.54 Å². The Morgan fingerprint density at radius 1 is 1.27 bits per heavy atom. The average molecular weight is 306 g/mol. The molecule has 2 rings (SSSR count). The molecule has 2 amide bonds. The van der Waals surface area contributed by atoms with Crippen molar-refractivity contribution in [3.8, 4) is 5.75 Å². The molecule has 3 N–H and O–H groups in total. The molecule has 1 fully saturated rings. The number of nitrogens with one attached hydrogen (secondary N) is 2. The topological polar surface area (TPSA) is 70.6 Å². The van der Waals surface area contributed by atoms with E-state index in [1.165, 1.54) is 0 Å². The van der Waals surface area contributed by atoms with E-state index in [-0.39, 0.29) is 18.7 Å². The molecule has 0 spiro atoms. The maximum atomic E-state index is 12.0. The van der Waals surface area contributed by atoms with E-state index in [2.05, 4.69) is 10.6 Å². The van der Waals surface area contributed by atoms with Crippen molar-refractivity contribution in [2.24, 2.45) is 0 Å². The molecule has 1 aliphatic rings. The van der Waals surface area contributed by atoms with E-state index in [0.717, 1.165) is 37.0 Å². The number of aliphatic hydroxyl groups is 1. The second-order valence-electron chi connectivity index (χ2n) is 6.26. The number of hydrogen-bond acceptors (Lipinski definition) is 3. The second kappa shape index (κ2) is 7.49. The molecule has 0 bridgehead atoms. The van der Waals surface area contributed by atoms with Crippen molar-refractivity contribution in [1.82, 2.24) is 10.6 Å². The predicted octanol–water partition coefficient (Wildman–Crippen LogP) is 2.58. The molecule has 0 heterocycles. The maximum absolute atomic E-state index is 12.0. The average Bonchev–Trinajstić information content (AvgIpc) is 2.95. The normalized spacial score (nSPS) is 16.5. The summed E-state index contributed by atoms with van der Waals surface area (Å²) in [5, 5.41) is 15.3. The van der Waals surface area contributed by atoms with Crippen molar-refractivity contribution < 1.29 is 14.6 Å². The zero-order valence-electron chi connectivity index (χ0n) is 13.4. The predicted molar refractivity (Wildman–Crippen MR) is 85.9 cm³/mol. The van der Waals surface area contributed by atoms with Crippen molar-refractivity contribution in [2.75, 3.05) is 6.61 Å². The van der Waals surface area contributed by atoms with Gasteiger partial charge in [0.2, 0.25) is 0 Å². The third-order valence-corrected chi connectivity index (χ3v) is 3.99. The second-order valence-corrected chi connectivity index (χ2v) is 6.26. The zero-order valence-corrected chi connectivity index (χ0v) is 13.4. The van der Waals surface area contributed by atoms with Crippen molar-refractivity contribution in [1.29, 1.82) is 0 Å². The summed E-state index contributed by atoms with van der Waals surface area (Å²) in [5.74, 6) is 0.827. The Labute approximate surface area is 132 Å². The summed E-state index contributed by atoms with van der Waals surface area (Å²) in [6, 6.07) is 7.46. The van der Waals surface area contributed by atoms with Crippen LogP contribution in [0.4, 0.5) is 4.79 Å². The third-order valence-electron chi connectivity index (χ3n) is 3.99. The van der Waals surface area contributed by atoms with E-state index in [1.807, 2.05) is 38.1 Å². The minimum absolute atomic E-state index is 0.00164. The Balaban J connectivity index is 1.80. The van der Waals surface area contributed by atoms with Gasteiger partial charge in [0.25, 0.3) is 0 Å². The molecule has 1 aliphatic carbocycles. The lowest BCUT2D eigenvalue weighted by atomic mass is 9.99. The van der Waals surface area contributed by atoms with E-state index in [4.69, 9.17) is 4.74 Å². The highest BCUT2D eigenvalue weighted by Gasteiger charge is 2.34. The highest BCUT2D eigenvalue weighted by atomic mass is 16.5. The number of benzene rings is 1. The molecule has 0 aliphatic heterocycles. The highest BCUT2D eigenvalue weighted by Crippen LogP contribution is 2.28. The Hall–Kier alpha value is -1.75. The molecule has 0 unspecified atom stereocenters. The van der Waals surface area contributed by atoms with Gasteiger partial charge in [0.1, 0.15) is 5.75 Å². The van der Waals surface area contributed by atoms with Crippen LogP contribution in [-0.4, -0.2) is 29.4 Å². The lowest BCUT2D eigenvalue weighted by Gasteiger charge is -2.28. The molecular formula is C17H26N2O3. The summed E-state index contributed by atoms with van der Waals surface area (Å²) < 4.78 is 5.58. The molecule has 0 saturated heterocycles. The van der Waals surface area contributed by atoms with Gasteiger partial charge >= 0.3 is 6.03 Å². The number of amides is 2. The van der Waals surface area contributed by atoms with Crippen LogP contribution in [0.1, 0.15) is 45.1 Å². The molecule has 5 nitrogen and oxygen atoms in total. The number of carbonyl (C=O) groups excluding carboxylic acids is 1. The van der Waals surface area contributed by atoms with E-state index < -0.39 is 5.54 Å². The van der Waals surface area contributed by atoms with Gasteiger partial charge in [-0.25, -0.2) is 4.79 Å². The van der Waals surface area contributed by atoms with Crippen LogP contribution < -0.4 is 15.4 Å². The van der Waals surface area contributed by atoms with Gasteiger partial charge in [-0.15, -0.1) is 0 Å². The lowest BCUT2D eigenvalue weighted by Crippen LogP contribution is -2.52. The lowest BCUT2D eigenvalue weighted by molar-refractivity contribution is 0.163. The van der Waals surface area contributed by atoms with E-state index in [1.54, 1.807) is 0 Å². The van der Waals surface area contributed by atoms with Crippen molar-refractivity contribution in [2.45, 2.75) is 57.7 Å². The van der Waals surface area contributed by atoms with Crippen LogP contribution in [0.2, 0.25) is 0 Å². The Bertz CT molecular complexity index is 479. The van der Waals surface area contributed by atoms with Gasteiger partial charge in [-0.3, -0.25) is 0 Å². The van der Waals surface area contributed by atoms with Crippen LogP contribution in [0.5, 0.6) is 5.75 Å². The first kappa shape index (κ1) is 16.6. The van der Waals surface area contributed by atoms with Gasteiger partial charge in [0.05, 0.1) is 18.2 Å². The molecule has 1 aromatic rings. The molecule has 22 heavy (non-hydrogen) atoms. The number of hydrogen-bond donors (Lipinski definition) is 3. The minimum Gasteiger partial charge on any atom is -0.491 e. The van der Waals surface area contributed by atoms with E-state index >= 15 is 0 Å². The standard InChI is InChI=1S/C17H26N2O3/c1-13(2)22-15-7-5-14(6-8-15)11-18-16(21)19-17(12-20)9-3-4-10-17/h5-8,13,20H,3-4,9-12H2,1-2H3,(H2,18,19,21). The van der Waals surface area contributed by atoms with Gasteiger partial charge in [-0.2, -0.15) is 0 Å². The number of carbonyl (C=O) groups is 1. The molecule has 0 radical (unpaired) electrons. The fourth-order valence-corrected chi connectivity index (χ4v) is 2.80. The maximum Gasteiger partial charge on any atom is 0.315 e. The van der Waals surface area contributed by atoms with Crippen LogP contribution in [0.3, 0.4) is 0 Å². The molecule has 1 saturated carbocycles. The first-order valence-electron chi connectivity index (χ1n) is 7.95. The number of ether oxygens (including phenoxy) is 1. The summed E-state index contributed by atoms with van der Waals surface area (Å²) >= 11 is 0. The zero-order chi connectivity index (χ0) is 16.0. The summed E-state index contributed by atoms with van der Waals surface area (Å²) in [5.41, 5.74) is 0.578. The SMILES string of the molecule is CC(C)Oc1ccc(CNC(=O)NC2(CO)CCCC2)cc1. The van der Waals surface area contributed by atoms with Crippen LogP contribution in [0.15, 0.2) is 24.3 Å². The van der Waals surface area contributed by atoms with Crippen LogP contribution >= 0.6 is 0 Å². The first-order valence-corrected chi connectivity index (χ1v) is 7.95. The minimum atomic E-state index is -0.432. The monoisotopic (exact) mass is 306 g/mol. The van der Waals surface area contributed by atoms with E-state index in [9.17, 15) is 9.90 Å². The van der Waals surface area contributed by atoms with Crippen molar-refractivity contribution >= 4 is 6.03 Å². The Morgan fingerprint density at radius 2 is 1.91 bits per heavy atom. The van der Waals surface area contributed by atoms with Gasteiger partial charge in [0, 0.05) is 6.54 Å². The van der Waals surface area contributed by atoms with Gasteiger partial charge in [-0.05, 0) is 44.4 Å². The Morgan fingerprint density at radius 3 is 2.45 bits per heavy atom. The summed E-state index contributed by atoms with van der Waals surface area (Å²) in [6.45, 7) is 4.43. The summed E-state index contributed by atoms with van der Waals surface area (Å²) in [7, 11) is 0. The Kier molecular flexibility index (Phi) is 5.66. The van der Waals surface area contributed by atoms with E-state index in [0.29, 0.717) is 6.54 Å². The largest absolute Gasteiger partial charge is 0.491 e. The van der Waals surface area contributed by atoms with Gasteiger partial charge in [0.15, 0.2) is 0 Å². The molecule has 1 aromatic carbocycles. The smallest absolute Gasteiger partial charge is 0.315 e. The quantitative estimate of drug-likeness (QED) is 0.756. The molecule has 0 aromatic heterocycles. The number of rotatable bonds is 6. The van der Waals surface area contributed by atoms with Gasteiger partial charge in [-0.1, -0.05) is 25.0 Å². The molecular weight excluding hydrogens is 280 g/mol. The number of urea groups is 1. The third kappa shape index (κ3) is 4.63. The molecule has 0 atom stereocenters.